The molecule has 0 aliphatic heterocycles. The van der Waals surface area contributed by atoms with Crippen LogP contribution in [0.5, 0.6) is 5.75 Å². The summed E-state index contributed by atoms with van der Waals surface area (Å²) in [4.78, 5) is 132. The molecule has 0 fully saturated rings. The van der Waals surface area contributed by atoms with Crippen LogP contribution in [0.2, 0.25) is 0 Å². The molecule has 334 valence electrons. The van der Waals surface area contributed by atoms with Crippen LogP contribution in [0, 0.1) is 5.92 Å². The molecule has 61 heavy (non-hydrogen) atoms. The van der Waals surface area contributed by atoms with Crippen molar-refractivity contribution in [2.45, 2.75) is 102 Å². The summed E-state index contributed by atoms with van der Waals surface area (Å²) in [5.74, 6) is -10.9. The molecule has 1 heterocycles. The predicted octanol–water partition coefficient (Wildman–Crippen LogP) is -4.23. The molecule has 0 bridgehead atoms. The van der Waals surface area contributed by atoms with Gasteiger partial charge in [-0.2, -0.15) is 0 Å². The zero-order chi connectivity index (χ0) is 46.0. The lowest BCUT2D eigenvalue weighted by Gasteiger charge is -2.26. The van der Waals surface area contributed by atoms with Crippen molar-refractivity contribution >= 4 is 59.2 Å². The number of amides is 8. The van der Waals surface area contributed by atoms with Crippen LogP contribution in [0.15, 0.2) is 36.8 Å². The van der Waals surface area contributed by atoms with Gasteiger partial charge in [-0.1, -0.05) is 32.4 Å². The number of imidazole rings is 1. The number of nitrogens with two attached hydrogens (primary N) is 2. The summed E-state index contributed by atoms with van der Waals surface area (Å²) in [6.07, 6.45) is 1.39. The number of H-pyrrole nitrogens is 1. The Labute approximate surface area is 349 Å². The molecule has 1 aromatic heterocycles. The lowest BCUT2D eigenvalue weighted by Crippen LogP contribution is -2.59. The van der Waals surface area contributed by atoms with Gasteiger partial charge in [0, 0.05) is 24.7 Å². The van der Waals surface area contributed by atoms with Gasteiger partial charge in [0.15, 0.2) is 0 Å². The second-order valence-electron chi connectivity index (χ2n) is 14.2. The summed E-state index contributed by atoms with van der Waals surface area (Å²) in [6, 6.07) is -4.29. The van der Waals surface area contributed by atoms with Gasteiger partial charge in [-0.25, -0.2) is 9.78 Å². The number of aromatic hydroxyl groups is 1. The number of carboxylic acid groups (broad SMARTS) is 2. The molecule has 0 spiro atoms. The summed E-state index contributed by atoms with van der Waals surface area (Å²) < 4.78 is 0. The predicted molar refractivity (Wildman–Crippen MR) is 211 cm³/mol. The quantitative estimate of drug-likeness (QED) is 0.0450. The molecule has 0 aliphatic carbocycles. The first-order valence-corrected chi connectivity index (χ1v) is 18.9. The number of nitrogens with one attached hydrogen (secondary N) is 8. The molecule has 0 radical (unpaired) electrons. The van der Waals surface area contributed by atoms with Crippen LogP contribution in [0.3, 0.4) is 0 Å². The van der Waals surface area contributed by atoms with Crippen LogP contribution in [0.25, 0.3) is 0 Å². The Morgan fingerprint density at radius 2 is 1.28 bits per heavy atom. The summed E-state index contributed by atoms with van der Waals surface area (Å²) in [5.41, 5.74) is 11.9. The number of benzene rings is 1. The molecular formula is C37H53N11O13. The Bertz CT molecular complexity index is 1890. The van der Waals surface area contributed by atoms with Crippen LogP contribution >= 0.6 is 0 Å². The van der Waals surface area contributed by atoms with Gasteiger partial charge in [0.2, 0.25) is 47.3 Å². The maximum Gasteiger partial charge on any atom is 0.326 e. The van der Waals surface area contributed by atoms with E-state index in [9.17, 15) is 63.3 Å². The molecule has 8 atom stereocenters. The minimum atomic E-state index is -1.71. The number of aromatic amines is 1. The number of phenols is 1. The van der Waals surface area contributed by atoms with Crippen molar-refractivity contribution in [3.8, 4) is 5.75 Å². The van der Waals surface area contributed by atoms with E-state index in [1.165, 1.54) is 50.6 Å². The fourth-order valence-electron chi connectivity index (χ4n) is 5.43. The summed E-state index contributed by atoms with van der Waals surface area (Å²) in [6.45, 7) is 5.17. The van der Waals surface area contributed by atoms with E-state index in [2.05, 4.69) is 47.2 Å². The molecular weight excluding hydrogens is 806 g/mol. The minimum Gasteiger partial charge on any atom is -0.508 e. The highest BCUT2D eigenvalue weighted by Gasteiger charge is 2.32. The summed E-state index contributed by atoms with van der Waals surface area (Å²) in [5, 5.41) is 44.7. The zero-order valence-electron chi connectivity index (χ0n) is 33.9. The molecule has 0 saturated carbocycles. The van der Waals surface area contributed by atoms with E-state index in [4.69, 9.17) is 11.5 Å². The number of phenolic OH excluding ortho intramolecular Hbond substituents is 1. The molecule has 0 saturated heterocycles. The average Bonchev–Trinajstić information content (AvgIpc) is 3.71. The molecule has 2 aromatic rings. The molecule has 15 N–H and O–H groups in total. The van der Waals surface area contributed by atoms with Gasteiger partial charge in [0.1, 0.15) is 42.0 Å². The first-order valence-electron chi connectivity index (χ1n) is 18.9. The maximum atomic E-state index is 13.3. The van der Waals surface area contributed by atoms with E-state index >= 15 is 0 Å². The van der Waals surface area contributed by atoms with Crippen LogP contribution in [0.1, 0.15) is 58.2 Å². The highest BCUT2D eigenvalue weighted by atomic mass is 16.4. The van der Waals surface area contributed by atoms with Crippen molar-refractivity contribution in [1.82, 2.24) is 47.2 Å². The van der Waals surface area contributed by atoms with Gasteiger partial charge in [-0.05, 0) is 37.5 Å². The Morgan fingerprint density at radius 3 is 1.82 bits per heavy atom. The Hall–Kier alpha value is -7.11. The summed E-state index contributed by atoms with van der Waals surface area (Å²) in [7, 11) is 0. The first kappa shape index (κ1) is 50.0. The first-order chi connectivity index (χ1) is 28.6. The Kier molecular flexibility index (Phi) is 19.8. The van der Waals surface area contributed by atoms with Crippen molar-refractivity contribution in [3.05, 3.63) is 48.0 Å². The monoisotopic (exact) mass is 859 g/mol. The molecule has 24 heteroatoms. The Balaban J connectivity index is 2.05. The van der Waals surface area contributed by atoms with Crippen LogP contribution in [-0.2, 0) is 60.8 Å². The standard InChI is InChI=1S/C37H53N11O13/c1-5-17(2)30(36(59)41-15-28(51)45-24(10-20-6-8-22(49)9-7-20)35(58)47-26(37(60)61)12-27(39)50)48-32(55)19(4)43-31(54)18(3)44-34(57)25(13-29(52)53)46-33(56)23(38)11-21-14-40-16-42-21/h6-9,14,16-19,23-26,30,49H,5,10-13,15,38H2,1-4H3,(H2,39,50)(H,40,42)(H,41,59)(H,43,54)(H,44,57)(H,45,51)(H,46,56)(H,47,58)(H,48,55)(H,52,53)(H,60,61)/t17-,18-,19-,23-,24-,25-,26-,30-/m0/s1. The normalized spacial score (nSPS) is 14.8. The topological polar surface area (TPSA) is 396 Å². The number of carboxylic acids is 2. The molecule has 1 aromatic carbocycles. The van der Waals surface area contributed by atoms with E-state index in [1.54, 1.807) is 13.8 Å². The SMILES string of the molecule is CC[C@H](C)[C@H](NC(=O)[C@H](C)NC(=O)[C@H](C)NC(=O)[C@H](CC(=O)O)NC(=O)[C@@H](N)Cc1cnc[nH]1)C(=O)NCC(=O)N[C@@H](Cc1ccc(O)cc1)C(=O)N[C@@H](CC(N)=O)C(=O)O. The van der Waals surface area contributed by atoms with Crippen LogP contribution in [-0.4, -0.2) is 133 Å². The highest BCUT2D eigenvalue weighted by molar-refractivity contribution is 5.97. The van der Waals surface area contributed by atoms with Gasteiger partial charge in [-0.3, -0.25) is 43.2 Å². The van der Waals surface area contributed by atoms with E-state index in [0.29, 0.717) is 17.7 Å². The number of primary amides is 1. The van der Waals surface area contributed by atoms with E-state index in [-0.39, 0.29) is 18.6 Å². The van der Waals surface area contributed by atoms with Gasteiger partial charge in [0.25, 0.3) is 0 Å². The van der Waals surface area contributed by atoms with Crippen molar-refractivity contribution < 1.29 is 63.3 Å². The van der Waals surface area contributed by atoms with Crippen LogP contribution in [0.4, 0.5) is 0 Å². The third-order valence-electron chi connectivity index (χ3n) is 9.11. The zero-order valence-corrected chi connectivity index (χ0v) is 33.9. The fourth-order valence-corrected chi connectivity index (χ4v) is 5.43. The number of carbonyl (C=O) groups excluding carboxylic acids is 8. The highest BCUT2D eigenvalue weighted by Crippen LogP contribution is 2.12. The molecule has 24 nitrogen and oxygen atoms in total. The van der Waals surface area contributed by atoms with Gasteiger partial charge in [0.05, 0.1) is 31.8 Å². The van der Waals surface area contributed by atoms with E-state index < -0.39 is 127 Å². The van der Waals surface area contributed by atoms with Crippen molar-refractivity contribution in [2.24, 2.45) is 17.4 Å². The largest absolute Gasteiger partial charge is 0.508 e. The third kappa shape index (κ3) is 17.3. The average molecular weight is 860 g/mol. The fraction of sp³-hybridized carbons (Fsp3) is 0.486. The lowest BCUT2D eigenvalue weighted by molar-refractivity contribution is -0.143. The van der Waals surface area contributed by atoms with Crippen molar-refractivity contribution in [3.63, 3.8) is 0 Å². The van der Waals surface area contributed by atoms with E-state index in [1.807, 2.05) is 0 Å². The van der Waals surface area contributed by atoms with Crippen molar-refractivity contribution in [2.75, 3.05) is 6.54 Å². The second kappa shape index (κ2) is 24.1. The molecule has 8 amide bonds. The molecule has 2 rings (SSSR count). The van der Waals surface area contributed by atoms with Crippen molar-refractivity contribution in [1.29, 1.82) is 0 Å². The number of hydrogen-bond donors (Lipinski definition) is 13. The summed E-state index contributed by atoms with van der Waals surface area (Å²) >= 11 is 0. The third-order valence-corrected chi connectivity index (χ3v) is 9.11. The van der Waals surface area contributed by atoms with Gasteiger partial charge >= 0.3 is 11.9 Å². The number of aliphatic carboxylic acids is 2. The number of aromatic nitrogens is 2. The minimum absolute atomic E-state index is 0.00408. The van der Waals surface area contributed by atoms with E-state index in [0.717, 1.165) is 0 Å². The number of carbonyl (C=O) groups is 10. The van der Waals surface area contributed by atoms with Crippen LogP contribution < -0.4 is 48.7 Å². The molecule has 0 aliphatic rings. The Morgan fingerprint density at radius 1 is 0.705 bits per heavy atom. The van der Waals surface area contributed by atoms with Gasteiger partial charge in [-0.15, -0.1) is 0 Å². The number of hydrogen-bond acceptors (Lipinski definition) is 13. The smallest absolute Gasteiger partial charge is 0.326 e. The van der Waals surface area contributed by atoms with Gasteiger partial charge < -0.3 is 69.0 Å². The lowest BCUT2D eigenvalue weighted by atomic mass is 9.98. The second-order valence-corrected chi connectivity index (χ2v) is 14.2. The number of rotatable bonds is 25. The molecule has 0 unspecified atom stereocenters. The number of nitrogens with zero attached hydrogens (tertiary/aromatic N) is 1. The maximum absolute atomic E-state index is 13.3.